The number of aromatic nitrogens is 2. The van der Waals surface area contributed by atoms with Crippen LogP contribution < -0.4 is 0 Å². The maximum Gasteiger partial charge on any atom is 0.251 e. The molecule has 0 bridgehead atoms. The van der Waals surface area contributed by atoms with Crippen molar-refractivity contribution in [3.05, 3.63) is 106 Å². The van der Waals surface area contributed by atoms with Gasteiger partial charge in [-0.15, -0.1) is 0 Å². The average molecular weight is 538 g/mol. The maximum atomic E-state index is 13.5. The topological polar surface area (TPSA) is 73.7 Å². The summed E-state index contributed by atoms with van der Waals surface area (Å²) in [6.07, 6.45) is 5.20. The number of amides is 1. The Labute approximate surface area is 235 Å². The van der Waals surface area contributed by atoms with Gasteiger partial charge >= 0.3 is 0 Å². The zero-order valence-corrected chi connectivity index (χ0v) is 23.3. The van der Waals surface area contributed by atoms with Gasteiger partial charge in [0.2, 0.25) is 0 Å². The van der Waals surface area contributed by atoms with Gasteiger partial charge < -0.3 is 18.9 Å². The van der Waals surface area contributed by atoms with Crippen molar-refractivity contribution in [2.75, 3.05) is 32.9 Å². The zero-order valence-electron chi connectivity index (χ0n) is 23.3. The predicted octanol–water partition coefficient (Wildman–Crippen LogP) is 5.21. The molecule has 1 aliphatic rings. The Kier molecular flexibility index (Phi) is 8.53. The molecule has 1 amide bonds. The number of morpholine rings is 1. The molecule has 7 heteroatoms. The summed E-state index contributed by atoms with van der Waals surface area (Å²) < 4.78 is 13.2. The van der Waals surface area contributed by atoms with Crippen LogP contribution in [0.1, 0.15) is 45.2 Å². The van der Waals surface area contributed by atoms with Gasteiger partial charge in [0.15, 0.2) is 5.78 Å². The van der Waals surface area contributed by atoms with E-state index in [1.165, 1.54) is 0 Å². The number of hydrogen-bond donors (Lipinski definition) is 0. The first-order chi connectivity index (χ1) is 19.4. The summed E-state index contributed by atoms with van der Waals surface area (Å²) in [7, 11) is 0. The van der Waals surface area contributed by atoms with Crippen LogP contribution >= 0.6 is 0 Å². The molecule has 3 heterocycles. The molecule has 5 rings (SSSR count). The van der Waals surface area contributed by atoms with Crippen molar-refractivity contribution in [3.8, 4) is 0 Å². The van der Waals surface area contributed by atoms with Gasteiger partial charge in [0.1, 0.15) is 11.8 Å². The smallest absolute Gasteiger partial charge is 0.251 e. The highest BCUT2D eigenvalue weighted by Gasteiger charge is 2.23. The fourth-order valence-electron chi connectivity index (χ4n) is 5.04. The molecule has 0 unspecified atom stereocenters. The summed E-state index contributed by atoms with van der Waals surface area (Å²) in [5, 5.41) is 0.867. The Balaban J connectivity index is 1.25. The van der Waals surface area contributed by atoms with Gasteiger partial charge in [-0.2, -0.15) is 0 Å². The summed E-state index contributed by atoms with van der Waals surface area (Å²) >= 11 is 0. The highest BCUT2D eigenvalue weighted by atomic mass is 16.5. The van der Waals surface area contributed by atoms with Gasteiger partial charge in [0, 0.05) is 42.5 Å². The van der Waals surface area contributed by atoms with E-state index in [9.17, 15) is 9.59 Å². The minimum absolute atomic E-state index is 0.00657. The standard InChI is InChI=1S/C33H35N3O4/c1-23-8-14-28(15-9-23)31(37)30-24(2)36(32-29(30)7-4-16-34-32)22-27-12-10-26(11-13-27)6-5-19-40-25(3)33(38)35-17-20-39-21-18-35/h4-16,25H,17-22H2,1-3H3/t25-/m1/s1. The van der Waals surface area contributed by atoms with E-state index in [1.54, 1.807) is 18.0 Å². The summed E-state index contributed by atoms with van der Waals surface area (Å²) in [5.74, 6) is 0.0185. The largest absolute Gasteiger partial charge is 0.378 e. The normalized spacial score (nSPS) is 14.6. The van der Waals surface area contributed by atoms with E-state index < -0.39 is 6.10 Å². The number of ether oxygens (including phenoxy) is 2. The van der Waals surface area contributed by atoms with E-state index >= 15 is 0 Å². The number of fused-ring (bicyclic) bond motifs is 1. The fraction of sp³-hybridized carbons (Fsp3) is 0.303. The number of carbonyl (C=O) groups is 2. The summed E-state index contributed by atoms with van der Waals surface area (Å²) in [5.41, 5.74) is 6.36. The van der Waals surface area contributed by atoms with Crippen LogP contribution in [-0.4, -0.2) is 65.2 Å². The molecule has 1 saturated heterocycles. The van der Waals surface area contributed by atoms with Crippen molar-refractivity contribution in [1.29, 1.82) is 0 Å². The van der Waals surface area contributed by atoms with E-state index in [-0.39, 0.29) is 11.7 Å². The first-order valence-electron chi connectivity index (χ1n) is 13.7. The lowest BCUT2D eigenvalue weighted by atomic mass is 10.0. The summed E-state index contributed by atoms with van der Waals surface area (Å²) in [6.45, 7) is 9.16. The lowest BCUT2D eigenvalue weighted by molar-refractivity contribution is -0.145. The molecule has 2 aromatic heterocycles. The number of ketones is 1. The average Bonchev–Trinajstić information content (AvgIpc) is 3.26. The van der Waals surface area contributed by atoms with Gasteiger partial charge in [-0.25, -0.2) is 4.98 Å². The molecule has 1 fully saturated rings. The number of pyridine rings is 1. The molecular weight excluding hydrogens is 502 g/mol. The second-order valence-corrected chi connectivity index (χ2v) is 10.2. The van der Waals surface area contributed by atoms with Gasteiger partial charge in [0.25, 0.3) is 5.91 Å². The van der Waals surface area contributed by atoms with Gasteiger partial charge in [0.05, 0.1) is 25.4 Å². The number of rotatable bonds is 9. The van der Waals surface area contributed by atoms with Crippen LogP contribution in [0.25, 0.3) is 17.1 Å². The van der Waals surface area contributed by atoms with Crippen molar-refractivity contribution in [1.82, 2.24) is 14.5 Å². The second kappa shape index (κ2) is 12.4. The lowest BCUT2D eigenvalue weighted by Gasteiger charge is -2.29. The number of benzene rings is 2. The van der Waals surface area contributed by atoms with Crippen LogP contribution in [0.4, 0.5) is 0 Å². The Morgan fingerprint density at radius 1 is 1.02 bits per heavy atom. The highest BCUT2D eigenvalue weighted by molar-refractivity contribution is 6.17. The SMILES string of the molecule is Cc1ccc(C(=O)c2c(C)n(Cc3ccc(C=CCO[C@H](C)C(=O)N4CCOCC4)cc3)c3ncccc23)cc1. The molecule has 2 aromatic carbocycles. The molecule has 0 radical (unpaired) electrons. The molecule has 0 N–H and O–H groups in total. The molecule has 0 saturated carbocycles. The maximum absolute atomic E-state index is 13.5. The third-order valence-corrected chi connectivity index (χ3v) is 7.36. The number of hydrogen-bond acceptors (Lipinski definition) is 5. The summed E-state index contributed by atoms with van der Waals surface area (Å²) in [4.78, 5) is 32.4. The second-order valence-electron chi connectivity index (χ2n) is 10.2. The van der Waals surface area contributed by atoms with Crippen molar-refractivity contribution in [2.45, 2.75) is 33.4 Å². The van der Waals surface area contributed by atoms with E-state index in [1.807, 2.05) is 62.4 Å². The monoisotopic (exact) mass is 537 g/mol. The van der Waals surface area contributed by atoms with Gasteiger partial charge in [-0.3, -0.25) is 9.59 Å². The minimum Gasteiger partial charge on any atom is -0.378 e. The van der Waals surface area contributed by atoms with E-state index in [0.29, 0.717) is 50.6 Å². The van der Waals surface area contributed by atoms with Crippen molar-refractivity contribution >= 4 is 28.8 Å². The number of nitrogens with zero attached hydrogens (tertiary/aromatic N) is 3. The first kappa shape index (κ1) is 27.5. The molecule has 0 spiro atoms. The molecule has 40 heavy (non-hydrogen) atoms. The van der Waals surface area contributed by atoms with Crippen LogP contribution in [0.3, 0.4) is 0 Å². The van der Waals surface area contributed by atoms with E-state index in [4.69, 9.17) is 9.47 Å². The third kappa shape index (κ3) is 6.06. The van der Waals surface area contributed by atoms with Gasteiger partial charge in [-0.1, -0.05) is 66.2 Å². The predicted molar refractivity (Wildman–Crippen MR) is 156 cm³/mol. The lowest BCUT2D eigenvalue weighted by Crippen LogP contribution is -2.45. The first-order valence-corrected chi connectivity index (χ1v) is 13.7. The Morgan fingerprint density at radius 3 is 2.48 bits per heavy atom. The molecule has 206 valence electrons. The number of carbonyl (C=O) groups excluding carboxylic acids is 2. The highest BCUT2D eigenvalue weighted by Crippen LogP contribution is 2.28. The number of aryl methyl sites for hydroxylation is 1. The molecule has 4 aromatic rings. The van der Waals surface area contributed by atoms with Crippen LogP contribution in [0.15, 0.2) is 72.9 Å². The molecule has 0 aliphatic carbocycles. The van der Waals surface area contributed by atoms with Crippen molar-refractivity contribution < 1.29 is 19.1 Å². The van der Waals surface area contributed by atoms with Crippen LogP contribution in [0.2, 0.25) is 0 Å². The molecular formula is C33H35N3O4. The molecule has 7 nitrogen and oxygen atoms in total. The Bertz CT molecular complexity index is 1510. The van der Waals surface area contributed by atoms with Crippen molar-refractivity contribution in [3.63, 3.8) is 0 Å². The van der Waals surface area contributed by atoms with Crippen molar-refractivity contribution in [2.24, 2.45) is 0 Å². The van der Waals surface area contributed by atoms with Crippen LogP contribution in [0, 0.1) is 13.8 Å². The van der Waals surface area contributed by atoms with Gasteiger partial charge in [-0.05, 0) is 44.0 Å². The third-order valence-electron chi connectivity index (χ3n) is 7.36. The summed E-state index contributed by atoms with van der Waals surface area (Å²) in [6, 6.07) is 19.8. The Morgan fingerprint density at radius 2 is 1.75 bits per heavy atom. The fourth-order valence-corrected chi connectivity index (χ4v) is 5.04. The van der Waals surface area contributed by atoms with E-state index in [2.05, 4.69) is 33.8 Å². The van der Waals surface area contributed by atoms with E-state index in [0.717, 1.165) is 33.4 Å². The van der Waals surface area contributed by atoms with Crippen LogP contribution in [-0.2, 0) is 20.8 Å². The molecule has 1 atom stereocenters. The Hall–Kier alpha value is -4.07. The quantitative estimate of drug-likeness (QED) is 0.274. The molecule has 1 aliphatic heterocycles. The zero-order chi connectivity index (χ0) is 28.1. The van der Waals surface area contributed by atoms with Crippen LogP contribution in [0.5, 0.6) is 0 Å². The minimum atomic E-state index is -0.485.